The van der Waals surface area contributed by atoms with E-state index in [1.54, 1.807) is 11.0 Å². The first-order chi connectivity index (χ1) is 7.27. The first kappa shape index (κ1) is 12.0. The second kappa shape index (κ2) is 6.45. The van der Waals surface area contributed by atoms with Gasteiger partial charge in [-0.25, -0.2) is 4.79 Å². The Labute approximate surface area is 90.8 Å². The van der Waals surface area contributed by atoms with E-state index in [4.69, 9.17) is 9.47 Å². The first-order valence-corrected chi connectivity index (χ1v) is 5.42. The Bertz CT molecular complexity index is 218. The zero-order chi connectivity index (χ0) is 11.1. The Morgan fingerprint density at radius 3 is 3.13 bits per heavy atom. The van der Waals surface area contributed by atoms with E-state index < -0.39 is 0 Å². The van der Waals surface area contributed by atoms with Crippen molar-refractivity contribution in [2.75, 3.05) is 26.3 Å². The predicted octanol–water partition coefficient (Wildman–Crippen LogP) is 1.81. The zero-order valence-corrected chi connectivity index (χ0v) is 9.28. The summed E-state index contributed by atoms with van der Waals surface area (Å²) in [7, 11) is 0. The number of carbonyl (C=O) groups is 1. The molecule has 0 aromatic carbocycles. The van der Waals surface area contributed by atoms with E-state index in [0.717, 1.165) is 19.4 Å². The molecular weight excluding hydrogens is 194 g/mol. The minimum Gasteiger partial charge on any atom is -0.450 e. The monoisotopic (exact) mass is 213 g/mol. The topological polar surface area (TPSA) is 38.8 Å². The van der Waals surface area contributed by atoms with Crippen molar-refractivity contribution in [3.8, 4) is 0 Å². The Morgan fingerprint density at radius 1 is 1.67 bits per heavy atom. The average Bonchev–Trinajstić information content (AvgIpc) is 2.27. The third-order valence-electron chi connectivity index (χ3n) is 2.35. The highest BCUT2D eigenvalue weighted by Gasteiger charge is 2.24. The van der Waals surface area contributed by atoms with E-state index in [9.17, 15) is 4.79 Å². The molecule has 86 valence electrons. The number of likely N-dealkylation sites (tertiary alicyclic amines) is 1. The van der Waals surface area contributed by atoms with Crippen LogP contribution in [0.3, 0.4) is 0 Å². The first-order valence-electron chi connectivity index (χ1n) is 5.42. The summed E-state index contributed by atoms with van der Waals surface area (Å²) >= 11 is 0. The van der Waals surface area contributed by atoms with Crippen LogP contribution >= 0.6 is 0 Å². The number of amides is 1. The Hall–Kier alpha value is -1.03. The lowest BCUT2D eigenvalue weighted by Gasteiger charge is -2.31. The highest BCUT2D eigenvalue weighted by atomic mass is 16.6. The lowest BCUT2D eigenvalue weighted by molar-refractivity contribution is 0.0104. The van der Waals surface area contributed by atoms with Gasteiger partial charge in [0.25, 0.3) is 0 Å². The van der Waals surface area contributed by atoms with E-state index in [1.165, 1.54) is 0 Å². The fourth-order valence-corrected chi connectivity index (χ4v) is 1.66. The molecule has 0 N–H and O–H groups in total. The van der Waals surface area contributed by atoms with Crippen molar-refractivity contribution in [1.29, 1.82) is 0 Å². The maximum atomic E-state index is 11.4. The van der Waals surface area contributed by atoms with Crippen LogP contribution in [-0.2, 0) is 9.47 Å². The van der Waals surface area contributed by atoms with Crippen molar-refractivity contribution in [1.82, 2.24) is 4.90 Å². The maximum Gasteiger partial charge on any atom is 0.409 e. The van der Waals surface area contributed by atoms with Gasteiger partial charge >= 0.3 is 6.09 Å². The molecule has 15 heavy (non-hydrogen) atoms. The summed E-state index contributed by atoms with van der Waals surface area (Å²) < 4.78 is 10.5. The molecule has 1 heterocycles. The third kappa shape index (κ3) is 3.91. The van der Waals surface area contributed by atoms with E-state index in [0.29, 0.717) is 19.8 Å². The van der Waals surface area contributed by atoms with Crippen LogP contribution in [0.25, 0.3) is 0 Å². The molecule has 0 aromatic heterocycles. The molecule has 1 atom stereocenters. The van der Waals surface area contributed by atoms with Crippen molar-refractivity contribution in [2.24, 2.45) is 0 Å². The Morgan fingerprint density at radius 2 is 2.47 bits per heavy atom. The maximum absolute atomic E-state index is 11.4. The van der Waals surface area contributed by atoms with Crippen LogP contribution in [0.5, 0.6) is 0 Å². The van der Waals surface area contributed by atoms with Gasteiger partial charge in [-0.1, -0.05) is 6.08 Å². The summed E-state index contributed by atoms with van der Waals surface area (Å²) in [6.07, 6.45) is 3.60. The van der Waals surface area contributed by atoms with Gasteiger partial charge < -0.3 is 14.4 Å². The SMILES string of the molecule is C=CCOC1CCCN(C(=O)OCC)C1. The van der Waals surface area contributed by atoms with Gasteiger partial charge in [0, 0.05) is 6.54 Å². The molecule has 0 saturated carbocycles. The average molecular weight is 213 g/mol. The number of ether oxygens (including phenoxy) is 2. The van der Waals surface area contributed by atoms with Crippen LogP contribution in [0, 0.1) is 0 Å². The standard InChI is InChI=1S/C11H19NO3/c1-3-8-15-10-6-5-7-12(9-10)11(13)14-4-2/h3,10H,1,4-9H2,2H3. The van der Waals surface area contributed by atoms with Gasteiger partial charge in [-0.05, 0) is 19.8 Å². The van der Waals surface area contributed by atoms with Gasteiger partial charge in [0.1, 0.15) is 0 Å². The van der Waals surface area contributed by atoms with Crippen LogP contribution in [0.1, 0.15) is 19.8 Å². The largest absolute Gasteiger partial charge is 0.450 e. The number of rotatable bonds is 4. The highest BCUT2D eigenvalue weighted by molar-refractivity contribution is 5.67. The molecule has 4 heteroatoms. The van der Waals surface area contributed by atoms with Crippen LogP contribution < -0.4 is 0 Å². The van der Waals surface area contributed by atoms with E-state index >= 15 is 0 Å². The van der Waals surface area contributed by atoms with Crippen LogP contribution in [0.4, 0.5) is 4.79 Å². The van der Waals surface area contributed by atoms with Crippen molar-refractivity contribution >= 4 is 6.09 Å². The summed E-state index contributed by atoms with van der Waals surface area (Å²) in [5.41, 5.74) is 0. The smallest absolute Gasteiger partial charge is 0.409 e. The van der Waals surface area contributed by atoms with Crippen LogP contribution in [0.2, 0.25) is 0 Å². The molecule has 1 saturated heterocycles. The number of hydrogen-bond acceptors (Lipinski definition) is 3. The molecule has 1 amide bonds. The molecule has 0 radical (unpaired) electrons. The second-order valence-corrected chi connectivity index (χ2v) is 3.53. The molecular formula is C11H19NO3. The van der Waals surface area contributed by atoms with Gasteiger partial charge in [0.05, 0.1) is 25.9 Å². The summed E-state index contributed by atoms with van der Waals surface area (Å²) in [6.45, 7) is 7.78. The summed E-state index contributed by atoms with van der Waals surface area (Å²) in [5.74, 6) is 0. The van der Waals surface area contributed by atoms with Crippen LogP contribution in [0.15, 0.2) is 12.7 Å². The highest BCUT2D eigenvalue weighted by Crippen LogP contribution is 2.14. The van der Waals surface area contributed by atoms with Gasteiger partial charge in [-0.2, -0.15) is 0 Å². The van der Waals surface area contributed by atoms with Gasteiger partial charge in [-0.15, -0.1) is 6.58 Å². The summed E-state index contributed by atoms with van der Waals surface area (Å²) in [5, 5.41) is 0. The normalized spacial score (nSPS) is 21.1. The van der Waals surface area contributed by atoms with Gasteiger partial charge in [0.2, 0.25) is 0 Å². The van der Waals surface area contributed by atoms with E-state index in [1.807, 2.05) is 6.92 Å². The fourth-order valence-electron chi connectivity index (χ4n) is 1.66. The van der Waals surface area contributed by atoms with Crippen molar-refractivity contribution in [3.63, 3.8) is 0 Å². The summed E-state index contributed by atoms with van der Waals surface area (Å²) in [4.78, 5) is 13.2. The van der Waals surface area contributed by atoms with Gasteiger partial charge in [0.15, 0.2) is 0 Å². The van der Waals surface area contributed by atoms with E-state index in [-0.39, 0.29) is 12.2 Å². The fraction of sp³-hybridized carbons (Fsp3) is 0.727. The number of hydrogen-bond donors (Lipinski definition) is 0. The number of nitrogens with zero attached hydrogens (tertiary/aromatic N) is 1. The lowest BCUT2D eigenvalue weighted by Crippen LogP contribution is -2.43. The molecule has 1 aliphatic heterocycles. The second-order valence-electron chi connectivity index (χ2n) is 3.53. The molecule has 1 rings (SSSR count). The quantitative estimate of drug-likeness (QED) is 0.668. The lowest BCUT2D eigenvalue weighted by atomic mass is 10.1. The van der Waals surface area contributed by atoms with Crippen molar-refractivity contribution < 1.29 is 14.3 Å². The Balaban J connectivity index is 2.34. The van der Waals surface area contributed by atoms with Crippen molar-refractivity contribution in [3.05, 3.63) is 12.7 Å². The Kier molecular flexibility index (Phi) is 5.18. The van der Waals surface area contributed by atoms with E-state index in [2.05, 4.69) is 6.58 Å². The predicted molar refractivity (Wildman–Crippen MR) is 57.8 cm³/mol. The molecule has 0 bridgehead atoms. The molecule has 1 aliphatic rings. The van der Waals surface area contributed by atoms with Gasteiger partial charge in [-0.3, -0.25) is 0 Å². The minimum absolute atomic E-state index is 0.126. The molecule has 4 nitrogen and oxygen atoms in total. The van der Waals surface area contributed by atoms with Crippen LogP contribution in [-0.4, -0.2) is 43.4 Å². The number of carbonyl (C=O) groups excluding carboxylic acids is 1. The number of piperidine rings is 1. The minimum atomic E-state index is -0.232. The molecule has 1 fully saturated rings. The molecule has 0 spiro atoms. The molecule has 0 aromatic rings. The zero-order valence-electron chi connectivity index (χ0n) is 9.28. The summed E-state index contributed by atoms with van der Waals surface area (Å²) in [6, 6.07) is 0. The molecule has 1 unspecified atom stereocenters. The molecule has 0 aliphatic carbocycles. The van der Waals surface area contributed by atoms with Crippen molar-refractivity contribution in [2.45, 2.75) is 25.9 Å². The third-order valence-corrected chi connectivity index (χ3v) is 2.35.